The van der Waals surface area contributed by atoms with Crippen LogP contribution in [0.25, 0.3) is 0 Å². The van der Waals surface area contributed by atoms with Gasteiger partial charge >= 0.3 is 5.97 Å². The van der Waals surface area contributed by atoms with Crippen molar-refractivity contribution in [3.8, 4) is 5.75 Å². The molecule has 2 aromatic carbocycles. The Labute approximate surface area is 143 Å². The Morgan fingerprint density at radius 1 is 1.12 bits per heavy atom. The second-order valence-corrected chi connectivity index (χ2v) is 5.25. The van der Waals surface area contributed by atoms with Crippen LogP contribution >= 0.6 is 0 Å². The molecule has 0 bridgehead atoms. The van der Waals surface area contributed by atoms with Gasteiger partial charge < -0.3 is 15.2 Å². The van der Waals surface area contributed by atoms with Crippen LogP contribution in [0.2, 0.25) is 0 Å². The van der Waals surface area contributed by atoms with Gasteiger partial charge in [0.1, 0.15) is 29.0 Å². The number of rotatable bonds is 6. The molecule has 0 saturated carbocycles. The van der Waals surface area contributed by atoms with Gasteiger partial charge in [0.15, 0.2) is 0 Å². The van der Waals surface area contributed by atoms with Crippen LogP contribution in [0, 0.1) is 11.6 Å². The summed E-state index contributed by atoms with van der Waals surface area (Å²) in [6.07, 6.45) is 0.0426. The van der Waals surface area contributed by atoms with Crippen molar-refractivity contribution in [2.75, 3.05) is 6.61 Å². The van der Waals surface area contributed by atoms with Crippen molar-refractivity contribution >= 4 is 11.9 Å². The van der Waals surface area contributed by atoms with E-state index in [-0.39, 0.29) is 18.8 Å². The Balaban J connectivity index is 2.22. The lowest BCUT2D eigenvalue weighted by Gasteiger charge is -2.18. The average Bonchev–Trinajstić information content (AvgIpc) is 2.56. The van der Waals surface area contributed by atoms with Gasteiger partial charge in [-0.1, -0.05) is 18.2 Å². The smallest absolute Gasteiger partial charge is 0.328 e. The highest BCUT2D eigenvalue weighted by molar-refractivity contribution is 5.97. The molecule has 7 heteroatoms. The van der Waals surface area contributed by atoms with Gasteiger partial charge in [0.05, 0.1) is 6.61 Å². The molecule has 0 radical (unpaired) electrons. The lowest BCUT2D eigenvalue weighted by atomic mass is 10.0. The van der Waals surface area contributed by atoms with Crippen molar-refractivity contribution in [1.82, 2.24) is 5.32 Å². The van der Waals surface area contributed by atoms with Crippen LogP contribution in [0.5, 0.6) is 5.75 Å². The van der Waals surface area contributed by atoms with Gasteiger partial charge in [0.25, 0.3) is 5.91 Å². The number of hydrogen-bond donors (Lipinski definition) is 2. The van der Waals surface area contributed by atoms with Gasteiger partial charge in [0, 0.05) is 6.42 Å². The first-order chi connectivity index (χ1) is 11.9. The lowest BCUT2D eigenvalue weighted by molar-refractivity contribution is -0.145. The maximum absolute atomic E-state index is 13.7. The van der Waals surface area contributed by atoms with Crippen LogP contribution in [-0.4, -0.2) is 29.6 Å². The van der Waals surface area contributed by atoms with Gasteiger partial charge in [-0.3, -0.25) is 4.79 Å². The first-order valence-electron chi connectivity index (χ1n) is 7.61. The number of esters is 1. The number of nitrogens with one attached hydrogen (secondary N) is 1. The molecule has 2 aromatic rings. The Morgan fingerprint density at radius 3 is 2.28 bits per heavy atom. The van der Waals surface area contributed by atoms with Gasteiger partial charge in [-0.15, -0.1) is 0 Å². The lowest BCUT2D eigenvalue weighted by Crippen LogP contribution is -2.44. The minimum atomic E-state index is -1.13. The number of carbonyl (C=O) groups is 2. The predicted octanol–water partition coefficient (Wildman–Crippen LogP) is 2.57. The van der Waals surface area contributed by atoms with Crippen molar-refractivity contribution in [2.45, 2.75) is 19.4 Å². The van der Waals surface area contributed by atoms with Gasteiger partial charge in [-0.25, -0.2) is 13.6 Å². The van der Waals surface area contributed by atoms with E-state index < -0.39 is 35.1 Å². The quantitative estimate of drug-likeness (QED) is 0.786. The molecule has 0 aromatic heterocycles. The van der Waals surface area contributed by atoms with E-state index in [0.29, 0.717) is 5.56 Å². The number of halogens is 2. The fourth-order valence-corrected chi connectivity index (χ4v) is 2.25. The number of phenols is 1. The van der Waals surface area contributed by atoms with E-state index in [9.17, 15) is 23.5 Å². The summed E-state index contributed by atoms with van der Waals surface area (Å²) in [6.45, 7) is 1.70. The molecule has 2 rings (SSSR count). The molecule has 0 aliphatic rings. The van der Waals surface area contributed by atoms with Crippen molar-refractivity contribution in [3.05, 3.63) is 65.2 Å². The minimum absolute atomic E-state index is 0.0426. The van der Waals surface area contributed by atoms with Crippen LogP contribution in [0.15, 0.2) is 42.5 Å². The van der Waals surface area contributed by atoms with Crippen LogP contribution in [0.3, 0.4) is 0 Å². The average molecular weight is 349 g/mol. The zero-order valence-electron chi connectivity index (χ0n) is 13.5. The first kappa shape index (κ1) is 18.4. The molecule has 1 amide bonds. The summed E-state index contributed by atoms with van der Waals surface area (Å²) in [6, 6.07) is 7.91. The molecule has 5 nitrogen and oxygen atoms in total. The van der Waals surface area contributed by atoms with Gasteiger partial charge in [-0.05, 0) is 36.8 Å². The van der Waals surface area contributed by atoms with E-state index in [0.717, 1.165) is 18.2 Å². The summed E-state index contributed by atoms with van der Waals surface area (Å²) in [5.74, 6) is -3.77. The molecular weight excluding hydrogens is 332 g/mol. The topological polar surface area (TPSA) is 75.6 Å². The van der Waals surface area contributed by atoms with Crippen LogP contribution < -0.4 is 5.32 Å². The van der Waals surface area contributed by atoms with Crippen LogP contribution in [-0.2, 0) is 16.0 Å². The maximum atomic E-state index is 13.7. The van der Waals surface area contributed by atoms with Crippen molar-refractivity contribution in [1.29, 1.82) is 0 Å². The standard InChI is InChI=1S/C18H17F2NO4/c1-2-25-18(24)15(10-11-6-8-12(22)9-7-11)21-17(23)16-13(19)4-3-5-14(16)20/h3-9,15,22H,2,10H2,1H3,(H,21,23)/t15-/m0/s1. The second-order valence-electron chi connectivity index (χ2n) is 5.25. The molecule has 0 saturated heterocycles. The fraction of sp³-hybridized carbons (Fsp3) is 0.222. The number of carbonyl (C=O) groups excluding carboxylic acids is 2. The summed E-state index contributed by atoms with van der Waals surface area (Å²) >= 11 is 0. The molecule has 0 heterocycles. The SMILES string of the molecule is CCOC(=O)[C@H](Cc1ccc(O)cc1)NC(=O)c1c(F)cccc1F. The summed E-state index contributed by atoms with van der Waals surface area (Å²) in [7, 11) is 0. The first-order valence-corrected chi connectivity index (χ1v) is 7.61. The summed E-state index contributed by atoms with van der Waals surface area (Å²) in [4.78, 5) is 24.3. The van der Waals surface area contributed by atoms with Crippen LogP contribution in [0.4, 0.5) is 8.78 Å². The van der Waals surface area contributed by atoms with Crippen LogP contribution in [0.1, 0.15) is 22.8 Å². The molecule has 25 heavy (non-hydrogen) atoms. The summed E-state index contributed by atoms with van der Waals surface area (Å²) in [5, 5.41) is 11.6. The number of amides is 1. The van der Waals surface area contributed by atoms with Crippen molar-refractivity contribution in [3.63, 3.8) is 0 Å². The monoisotopic (exact) mass is 349 g/mol. The molecule has 132 valence electrons. The van der Waals surface area contributed by atoms with E-state index >= 15 is 0 Å². The molecule has 0 fully saturated rings. The number of ether oxygens (including phenoxy) is 1. The Morgan fingerprint density at radius 2 is 1.72 bits per heavy atom. The Bertz CT molecular complexity index is 742. The number of aromatic hydroxyl groups is 1. The molecule has 0 aliphatic carbocycles. The number of phenolic OH excluding ortho intramolecular Hbond substituents is 1. The Kier molecular flexibility index (Phi) is 6.05. The Hall–Kier alpha value is -2.96. The van der Waals surface area contributed by atoms with E-state index in [4.69, 9.17) is 4.74 Å². The third-order valence-electron chi connectivity index (χ3n) is 3.44. The fourth-order valence-electron chi connectivity index (χ4n) is 2.25. The summed E-state index contributed by atoms with van der Waals surface area (Å²) < 4.78 is 32.4. The zero-order valence-corrected chi connectivity index (χ0v) is 13.5. The maximum Gasteiger partial charge on any atom is 0.328 e. The third-order valence-corrected chi connectivity index (χ3v) is 3.44. The molecule has 0 aliphatic heterocycles. The van der Waals surface area contributed by atoms with Crippen molar-refractivity contribution in [2.24, 2.45) is 0 Å². The highest BCUT2D eigenvalue weighted by atomic mass is 19.1. The normalized spacial score (nSPS) is 11.6. The zero-order chi connectivity index (χ0) is 18.4. The minimum Gasteiger partial charge on any atom is -0.508 e. The van der Waals surface area contributed by atoms with E-state index in [1.54, 1.807) is 19.1 Å². The van der Waals surface area contributed by atoms with E-state index in [2.05, 4.69) is 5.32 Å². The number of benzene rings is 2. The molecule has 0 unspecified atom stereocenters. The highest BCUT2D eigenvalue weighted by Gasteiger charge is 2.26. The number of hydrogen-bond acceptors (Lipinski definition) is 4. The predicted molar refractivity (Wildman–Crippen MR) is 86.1 cm³/mol. The van der Waals surface area contributed by atoms with E-state index in [1.807, 2.05) is 0 Å². The molecule has 2 N–H and O–H groups in total. The second kappa shape index (κ2) is 8.23. The van der Waals surface area contributed by atoms with E-state index in [1.165, 1.54) is 12.1 Å². The van der Waals surface area contributed by atoms with Gasteiger partial charge in [0.2, 0.25) is 0 Å². The third kappa shape index (κ3) is 4.76. The van der Waals surface area contributed by atoms with Gasteiger partial charge in [-0.2, -0.15) is 0 Å². The molecule has 1 atom stereocenters. The van der Waals surface area contributed by atoms with Crippen molar-refractivity contribution < 1.29 is 28.2 Å². The molecular formula is C18H17F2NO4. The summed E-state index contributed by atoms with van der Waals surface area (Å²) in [5.41, 5.74) is -0.132. The largest absolute Gasteiger partial charge is 0.508 e. The highest BCUT2D eigenvalue weighted by Crippen LogP contribution is 2.15. The molecule has 0 spiro atoms.